The maximum absolute atomic E-state index is 10.1. The number of phenolic OH excluding ortho intramolecular Hbond substituents is 1. The summed E-state index contributed by atoms with van der Waals surface area (Å²) in [6.45, 7) is 5.40. The van der Waals surface area contributed by atoms with Gasteiger partial charge < -0.3 is 15.3 Å². The molecule has 2 unspecified atom stereocenters. The Bertz CT molecular complexity index is 405. The number of nitrogens with zero attached hydrogens (tertiary/aromatic N) is 1. The number of hydrogen-bond donors (Lipinski definition) is 2. The largest absolute Gasteiger partial charge is 0.508 e. The van der Waals surface area contributed by atoms with Gasteiger partial charge in [0.15, 0.2) is 0 Å². The van der Waals surface area contributed by atoms with Crippen LogP contribution in [-0.4, -0.2) is 24.7 Å². The van der Waals surface area contributed by atoms with Gasteiger partial charge in [-0.2, -0.15) is 0 Å². The Morgan fingerprint density at radius 1 is 1.50 bits per heavy atom. The summed E-state index contributed by atoms with van der Waals surface area (Å²) in [5, 5.41) is 13.3. The molecular formula is C15H24N2O. The lowest BCUT2D eigenvalue weighted by Crippen LogP contribution is -2.28. The van der Waals surface area contributed by atoms with Crippen LogP contribution in [0.1, 0.15) is 44.7 Å². The van der Waals surface area contributed by atoms with E-state index >= 15 is 0 Å². The summed E-state index contributed by atoms with van der Waals surface area (Å²) < 4.78 is 0. The Kier molecular flexibility index (Phi) is 4.12. The molecule has 2 N–H and O–H groups in total. The highest BCUT2D eigenvalue weighted by molar-refractivity contribution is 5.55. The molecule has 0 saturated carbocycles. The zero-order valence-electron chi connectivity index (χ0n) is 11.6. The topological polar surface area (TPSA) is 35.5 Å². The van der Waals surface area contributed by atoms with E-state index in [9.17, 15) is 5.11 Å². The molecular weight excluding hydrogens is 224 g/mol. The highest BCUT2D eigenvalue weighted by Gasteiger charge is 2.23. The summed E-state index contributed by atoms with van der Waals surface area (Å²) in [7, 11) is 1.91. The number of hydrogen-bond acceptors (Lipinski definition) is 3. The van der Waals surface area contributed by atoms with E-state index in [1.165, 1.54) is 19.3 Å². The van der Waals surface area contributed by atoms with E-state index in [0.717, 1.165) is 17.8 Å². The maximum atomic E-state index is 10.1. The molecule has 0 bridgehead atoms. The third-order valence-corrected chi connectivity index (χ3v) is 4.09. The molecule has 18 heavy (non-hydrogen) atoms. The average Bonchev–Trinajstić information content (AvgIpc) is 2.86. The first-order valence-electron chi connectivity index (χ1n) is 6.94. The molecule has 1 aliphatic heterocycles. The molecule has 1 saturated heterocycles. The summed E-state index contributed by atoms with van der Waals surface area (Å²) in [6, 6.07) is 6.90. The van der Waals surface area contributed by atoms with Crippen LogP contribution in [-0.2, 0) is 0 Å². The molecule has 1 aliphatic rings. The van der Waals surface area contributed by atoms with Crippen LogP contribution in [0.3, 0.4) is 0 Å². The van der Waals surface area contributed by atoms with Gasteiger partial charge in [-0.3, -0.25) is 0 Å². The zero-order valence-corrected chi connectivity index (χ0v) is 11.6. The van der Waals surface area contributed by atoms with Crippen LogP contribution >= 0.6 is 0 Å². The van der Waals surface area contributed by atoms with Gasteiger partial charge in [0.2, 0.25) is 0 Å². The fraction of sp³-hybridized carbons (Fsp3) is 0.600. The Morgan fingerprint density at radius 3 is 2.89 bits per heavy atom. The van der Waals surface area contributed by atoms with E-state index in [1.54, 1.807) is 0 Å². The first-order valence-corrected chi connectivity index (χ1v) is 6.94. The SMILES string of the molecule is CCC1CCCN1c1ccc(C(C)NC)c(O)c1. The normalized spacial score (nSPS) is 21.3. The van der Waals surface area contributed by atoms with Crippen molar-refractivity contribution in [2.75, 3.05) is 18.5 Å². The fourth-order valence-corrected chi connectivity index (χ4v) is 2.83. The summed E-state index contributed by atoms with van der Waals surface area (Å²) in [6.07, 6.45) is 3.70. The number of anilines is 1. The van der Waals surface area contributed by atoms with Gasteiger partial charge in [-0.15, -0.1) is 0 Å². The van der Waals surface area contributed by atoms with Crippen LogP contribution in [0.2, 0.25) is 0 Å². The minimum absolute atomic E-state index is 0.180. The highest BCUT2D eigenvalue weighted by Crippen LogP contribution is 2.33. The Labute approximate surface area is 110 Å². The lowest BCUT2D eigenvalue weighted by Gasteiger charge is -2.26. The van der Waals surface area contributed by atoms with Gasteiger partial charge in [0.1, 0.15) is 5.75 Å². The molecule has 1 fully saturated rings. The van der Waals surface area contributed by atoms with Gasteiger partial charge in [-0.25, -0.2) is 0 Å². The Hall–Kier alpha value is -1.22. The molecule has 2 atom stereocenters. The smallest absolute Gasteiger partial charge is 0.122 e. The van der Waals surface area contributed by atoms with E-state index in [0.29, 0.717) is 11.8 Å². The molecule has 1 heterocycles. The van der Waals surface area contributed by atoms with E-state index in [2.05, 4.69) is 30.1 Å². The van der Waals surface area contributed by atoms with Crippen molar-refractivity contribution in [3.8, 4) is 5.75 Å². The van der Waals surface area contributed by atoms with Gasteiger partial charge in [0.25, 0.3) is 0 Å². The van der Waals surface area contributed by atoms with Crippen molar-refractivity contribution in [1.29, 1.82) is 0 Å². The van der Waals surface area contributed by atoms with Crippen LogP contribution in [0.25, 0.3) is 0 Å². The van der Waals surface area contributed by atoms with E-state index in [4.69, 9.17) is 0 Å². The third-order valence-electron chi connectivity index (χ3n) is 4.09. The van der Waals surface area contributed by atoms with Crippen molar-refractivity contribution in [1.82, 2.24) is 5.32 Å². The first-order chi connectivity index (χ1) is 8.67. The van der Waals surface area contributed by atoms with Gasteiger partial charge in [-0.1, -0.05) is 13.0 Å². The molecule has 0 aliphatic carbocycles. The van der Waals surface area contributed by atoms with Crippen LogP contribution in [0.4, 0.5) is 5.69 Å². The highest BCUT2D eigenvalue weighted by atomic mass is 16.3. The number of nitrogens with one attached hydrogen (secondary N) is 1. The van der Waals surface area contributed by atoms with Crippen molar-refractivity contribution in [2.45, 2.75) is 45.2 Å². The molecule has 3 heteroatoms. The number of phenols is 1. The minimum Gasteiger partial charge on any atom is -0.508 e. The third kappa shape index (κ3) is 2.46. The molecule has 0 radical (unpaired) electrons. The maximum Gasteiger partial charge on any atom is 0.122 e. The Morgan fingerprint density at radius 2 is 2.28 bits per heavy atom. The second kappa shape index (κ2) is 5.61. The lowest BCUT2D eigenvalue weighted by molar-refractivity contribution is 0.457. The summed E-state index contributed by atoms with van der Waals surface area (Å²) >= 11 is 0. The standard InChI is InChI=1S/C15H24N2O/c1-4-12-6-5-9-17(12)13-7-8-14(11(2)16-3)15(18)10-13/h7-8,10-12,16,18H,4-6,9H2,1-3H3. The molecule has 0 amide bonds. The summed E-state index contributed by atoms with van der Waals surface area (Å²) in [4.78, 5) is 2.42. The molecule has 3 nitrogen and oxygen atoms in total. The molecule has 1 aromatic carbocycles. The fourth-order valence-electron chi connectivity index (χ4n) is 2.83. The number of benzene rings is 1. The van der Waals surface area contributed by atoms with Crippen molar-refractivity contribution >= 4 is 5.69 Å². The van der Waals surface area contributed by atoms with E-state index in [1.807, 2.05) is 19.2 Å². The second-order valence-corrected chi connectivity index (χ2v) is 5.15. The van der Waals surface area contributed by atoms with Crippen molar-refractivity contribution in [3.63, 3.8) is 0 Å². The zero-order chi connectivity index (χ0) is 13.1. The van der Waals surface area contributed by atoms with Crippen LogP contribution in [0.15, 0.2) is 18.2 Å². The average molecular weight is 248 g/mol. The first kappa shape index (κ1) is 13.2. The molecule has 0 spiro atoms. The van der Waals surface area contributed by atoms with E-state index < -0.39 is 0 Å². The van der Waals surface area contributed by atoms with Crippen molar-refractivity contribution in [3.05, 3.63) is 23.8 Å². The van der Waals surface area contributed by atoms with Gasteiger partial charge in [0.05, 0.1) is 0 Å². The summed E-state index contributed by atoms with van der Waals surface area (Å²) in [5.41, 5.74) is 2.12. The lowest BCUT2D eigenvalue weighted by atomic mass is 10.1. The van der Waals surface area contributed by atoms with Gasteiger partial charge >= 0.3 is 0 Å². The summed E-state index contributed by atoms with van der Waals surface area (Å²) in [5.74, 6) is 0.399. The predicted octanol–water partition coefficient (Wildman–Crippen LogP) is 3.05. The quantitative estimate of drug-likeness (QED) is 0.859. The molecule has 2 rings (SSSR count). The number of rotatable bonds is 4. The second-order valence-electron chi connectivity index (χ2n) is 5.15. The minimum atomic E-state index is 0.180. The van der Waals surface area contributed by atoms with Crippen LogP contribution in [0, 0.1) is 0 Å². The van der Waals surface area contributed by atoms with Gasteiger partial charge in [0, 0.05) is 35.9 Å². The Balaban J connectivity index is 2.23. The molecule has 1 aromatic rings. The molecule has 100 valence electrons. The van der Waals surface area contributed by atoms with E-state index in [-0.39, 0.29) is 6.04 Å². The van der Waals surface area contributed by atoms with Crippen molar-refractivity contribution in [2.24, 2.45) is 0 Å². The monoisotopic (exact) mass is 248 g/mol. The number of aromatic hydroxyl groups is 1. The van der Waals surface area contributed by atoms with Gasteiger partial charge in [-0.05, 0) is 39.3 Å². The molecule has 0 aromatic heterocycles. The van der Waals surface area contributed by atoms with Crippen LogP contribution in [0.5, 0.6) is 5.75 Å². The van der Waals surface area contributed by atoms with Crippen molar-refractivity contribution < 1.29 is 5.11 Å². The predicted molar refractivity (Wildman–Crippen MR) is 76.2 cm³/mol. The van der Waals surface area contributed by atoms with Crippen LogP contribution < -0.4 is 10.2 Å².